The van der Waals surface area contributed by atoms with Crippen molar-refractivity contribution in [2.45, 2.75) is 71.5 Å². The highest BCUT2D eigenvalue weighted by Crippen LogP contribution is 2.85. The third-order valence-corrected chi connectivity index (χ3v) is 13.9. The molecule has 0 radical (unpaired) electrons. The van der Waals surface area contributed by atoms with E-state index >= 15 is 0 Å². The van der Waals surface area contributed by atoms with E-state index in [4.69, 9.17) is 0 Å². The predicted molar refractivity (Wildman–Crippen MR) is 136 cm³/mol. The van der Waals surface area contributed by atoms with E-state index in [2.05, 4.69) is 48.5 Å². The van der Waals surface area contributed by atoms with Gasteiger partial charge < -0.3 is 0 Å². The van der Waals surface area contributed by atoms with Gasteiger partial charge in [0.2, 0.25) is 0 Å². The minimum absolute atomic E-state index is 0.0701. The molecule has 172 valence electrons. The molecule has 1 saturated heterocycles. The van der Waals surface area contributed by atoms with Crippen molar-refractivity contribution in [2.75, 3.05) is 0 Å². The summed E-state index contributed by atoms with van der Waals surface area (Å²) in [6.45, 7) is 2.01. The number of benzene rings is 3. The summed E-state index contributed by atoms with van der Waals surface area (Å²) in [6, 6.07) is 25.2. The Kier molecular flexibility index (Phi) is 3.77. The molecule has 3 nitrogen and oxygen atoms in total. The van der Waals surface area contributed by atoms with Crippen molar-refractivity contribution < 1.29 is 8.42 Å². The Morgan fingerprint density at radius 3 is 1.65 bits per heavy atom. The molecule has 4 aliphatic carbocycles. The zero-order valence-corrected chi connectivity index (χ0v) is 20.8. The number of rotatable bonds is 2. The second-order valence-corrected chi connectivity index (χ2v) is 14.1. The average Bonchev–Trinajstić information content (AvgIpc) is 3.59. The number of nitrogens with zero attached hydrogens (tertiary/aromatic N) is 1. The van der Waals surface area contributed by atoms with Gasteiger partial charge in [0, 0.05) is 23.7 Å². The highest BCUT2D eigenvalue weighted by molar-refractivity contribution is 8.11. The third-order valence-electron chi connectivity index (χ3n) is 9.78. The Morgan fingerprint density at radius 2 is 1.15 bits per heavy atom. The van der Waals surface area contributed by atoms with Crippen LogP contribution in [0.15, 0.2) is 77.7 Å². The van der Waals surface area contributed by atoms with Crippen LogP contribution in [0.3, 0.4) is 0 Å². The van der Waals surface area contributed by atoms with Crippen molar-refractivity contribution in [3.63, 3.8) is 0 Å². The minimum atomic E-state index is -3.63. The molecule has 4 bridgehead atoms. The Hall–Kier alpha value is -2.08. The fraction of sp³-hybridized carbons (Fsp3) is 0.379. The number of hydrogen-bond donors (Lipinski definition) is 0. The second kappa shape index (κ2) is 6.37. The van der Waals surface area contributed by atoms with Crippen LogP contribution in [0.4, 0.5) is 0 Å². The summed E-state index contributed by atoms with van der Waals surface area (Å²) >= 11 is 1.68. The van der Waals surface area contributed by atoms with Crippen molar-refractivity contribution in [3.05, 3.63) is 101 Å². The Labute approximate surface area is 205 Å². The molecule has 3 aromatic rings. The lowest BCUT2D eigenvalue weighted by Gasteiger charge is -2.66. The number of hydrogen-bond acceptors (Lipinski definition) is 3. The van der Waals surface area contributed by atoms with Crippen LogP contribution in [0.1, 0.15) is 77.2 Å². The summed E-state index contributed by atoms with van der Waals surface area (Å²) in [4.78, 5) is 0.429. The van der Waals surface area contributed by atoms with Gasteiger partial charge in [-0.25, -0.2) is 8.42 Å². The SMILES string of the molecule is Cc1ccc(S(=O)(=O)N2SC3([C@@H]4CC[C@H]3c3ccccc34)C23[C@@H]2CC[C@H]3c3ccccc32)cc1. The van der Waals surface area contributed by atoms with E-state index in [1.807, 2.05) is 22.8 Å². The van der Waals surface area contributed by atoms with Crippen molar-refractivity contribution in [1.29, 1.82) is 0 Å². The van der Waals surface area contributed by atoms with Gasteiger partial charge in [0.25, 0.3) is 10.0 Å². The summed E-state index contributed by atoms with van der Waals surface area (Å²) in [7, 11) is -3.63. The first kappa shape index (κ1) is 20.1. The highest BCUT2D eigenvalue weighted by Gasteiger charge is 2.85. The summed E-state index contributed by atoms with van der Waals surface area (Å²) in [5.41, 5.74) is 6.46. The van der Waals surface area contributed by atoms with Gasteiger partial charge in [-0.3, -0.25) is 0 Å². The topological polar surface area (TPSA) is 37.4 Å². The summed E-state index contributed by atoms with van der Waals surface area (Å²) in [5, 5.41) is 0. The van der Waals surface area contributed by atoms with Gasteiger partial charge in [0.1, 0.15) is 0 Å². The smallest absolute Gasteiger partial charge is 0.206 e. The van der Waals surface area contributed by atoms with Crippen LogP contribution in [-0.2, 0) is 10.0 Å². The molecule has 3 aromatic carbocycles. The molecule has 0 aromatic heterocycles. The van der Waals surface area contributed by atoms with Crippen molar-refractivity contribution in [2.24, 2.45) is 0 Å². The van der Waals surface area contributed by atoms with Gasteiger partial charge in [0.15, 0.2) is 0 Å². The first-order chi connectivity index (χ1) is 16.5. The Balaban J connectivity index is 1.37. The lowest BCUT2D eigenvalue weighted by atomic mass is 9.67. The quantitative estimate of drug-likeness (QED) is 0.390. The van der Waals surface area contributed by atoms with Crippen molar-refractivity contribution >= 4 is 22.0 Å². The van der Waals surface area contributed by atoms with E-state index in [0.717, 1.165) is 18.4 Å². The molecule has 5 aliphatic rings. The molecule has 2 unspecified atom stereocenters. The summed E-state index contributed by atoms with van der Waals surface area (Å²) in [6.07, 6.45) is 4.51. The molecule has 6 atom stereocenters. The maximum atomic E-state index is 14.3. The molecule has 5 heteroatoms. The van der Waals surface area contributed by atoms with Gasteiger partial charge >= 0.3 is 0 Å². The normalized spacial score (nSPS) is 36.7. The molecule has 8 rings (SSSR count). The molecule has 1 heterocycles. The molecule has 3 fully saturated rings. The average molecular weight is 486 g/mol. The first-order valence-corrected chi connectivity index (χ1v) is 14.7. The molecular formula is C29H27NO2S2. The van der Waals surface area contributed by atoms with Crippen LogP contribution in [-0.4, -0.2) is 22.4 Å². The van der Waals surface area contributed by atoms with Crippen LogP contribution >= 0.6 is 11.9 Å². The third kappa shape index (κ3) is 2.00. The largest absolute Gasteiger partial charge is 0.252 e. The van der Waals surface area contributed by atoms with Gasteiger partial charge in [-0.2, -0.15) is 0 Å². The lowest BCUT2D eigenvalue weighted by Crippen LogP contribution is -2.74. The molecule has 2 spiro atoms. The van der Waals surface area contributed by atoms with Gasteiger partial charge in [-0.05, 0) is 67.0 Å². The highest BCUT2D eigenvalue weighted by atomic mass is 32.3. The molecule has 1 aliphatic heterocycles. The van der Waals surface area contributed by atoms with Crippen LogP contribution < -0.4 is 0 Å². The zero-order chi connectivity index (χ0) is 22.9. The maximum absolute atomic E-state index is 14.3. The zero-order valence-electron chi connectivity index (χ0n) is 19.1. The maximum Gasteiger partial charge on any atom is 0.252 e. The van der Waals surface area contributed by atoms with E-state index in [1.165, 1.54) is 35.1 Å². The molecule has 0 N–H and O–H groups in total. The minimum Gasteiger partial charge on any atom is -0.206 e. The van der Waals surface area contributed by atoms with E-state index in [1.54, 1.807) is 24.1 Å². The van der Waals surface area contributed by atoms with Crippen LogP contribution in [0.5, 0.6) is 0 Å². The molecule has 0 amide bonds. The van der Waals surface area contributed by atoms with E-state index in [9.17, 15) is 8.42 Å². The monoisotopic (exact) mass is 485 g/mol. The van der Waals surface area contributed by atoms with Crippen LogP contribution in [0.25, 0.3) is 0 Å². The first-order valence-electron chi connectivity index (χ1n) is 12.5. The van der Waals surface area contributed by atoms with Gasteiger partial charge in [-0.15, -0.1) is 3.71 Å². The van der Waals surface area contributed by atoms with Crippen molar-refractivity contribution in [1.82, 2.24) is 3.71 Å². The Morgan fingerprint density at radius 1 is 0.706 bits per heavy atom. The number of fused-ring (bicyclic) bond motifs is 6. The molecule has 34 heavy (non-hydrogen) atoms. The fourth-order valence-electron chi connectivity index (χ4n) is 8.80. The number of sulfonamides is 1. The standard InChI is InChI=1S/C29H27NO2S2/c1-18-10-12-19(13-11-18)34(31,32)30-28(24-14-15-25(28)21-7-3-2-6-20(21)24)29(33-30)26-16-17-27(29)23-9-5-4-8-22(23)26/h2-13,24-27H,14-17H2,1H3/t24-,25+,26-,27+,28?,29?. The second-order valence-electron chi connectivity index (χ2n) is 10.9. The summed E-state index contributed by atoms with van der Waals surface area (Å²) in [5.74, 6) is 1.40. The fourth-order valence-corrected chi connectivity index (χ4v) is 13.3. The van der Waals surface area contributed by atoms with Gasteiger partial charge in [0.05, 0.1) is 15.2 Å². The van der Waals surface area contributed by atoms with Crippen LogP contribution in [0.2, 0.25) is 0 Å². The lowest BCUT2D eigenvalue weighted by molar-refractivity contribution is 0.123. The summed E-state index contributed by atoms with van der Waals surface area (Å²) < 4.78 is 30.5. The van der Waals surface area contributed by atoms with Crippen LogP contribution in [0, 0.1) is 6.92 Å². The van der Waals surface area contributed by atoms with E-state index in [-0.39, 0.29) is 22.1 Å². The number of aryl methyl sites for hydroxylation is 1. The van der Waals surface area contributed by atoms with E-state index < -0.39 is 10.0 Å². The predicted octanol–water partition coefficient (Wildman–Crippen LogP) is 6.47. The van der Waals surface area contributed by atoms with Crippen molar-refractivity contribution in [3.8, 4) is 0 Å². The molecule has 2 saturated carbocycles. The molecular weight excluding hydrogens is 458 g/mol. The van der Waals surface area contributed by atoms with Gasteiger partial charge in [-0.1, -0.05) is 78.2 Å². The Bertz CT molecular complexity index is 1400. The van der Waals surface area contributed by atoms with E-state index in [0.29, 0.717) is 16.7 Å².